The van der Waals surface area contributed by atoms with Gasteiger partial charge in [0.05, 0.1) is 6.61 Å². The van der Waals surface area contributed by atoms with E-state index in [9.17, 15) is 4.79 Å². The zero-order valence-electron chi connectivity index (χ0n) is 13.5. The Balaban J connectivity index is 2.09. The summed E-state index contributed by atoms with van der Waals surface area (Å²) in [5.74, 6) is 0.811. The van der Waals surface area contributed by atoms with Crippen LogP contribution < -0.4 is 4.72 Å². The Kier molecular flexibility index (Phi) is 6.19. The van der Waals surface area contributed by atoms with Crippen molar-refractivity contribution in [3.05, 3.63) is 29.5 Å². The molecule has 0 aliphatic heterocycles. The highest BCUT2D eigenvalue weighted by Crippen LogP contribution is 2.26. The number of aromatic amines is 1. The van der Waals surface area contributed by atoms with Crippen LogP contribution in [0.15, 0.2) is 18.2 Å². The van der Waals surface area contributed by atoms with Crippen molar-refractivity contribution < 1.29 is 9.53 Å². The van der Waals surface area contributed by atoms with Crippen molar-refractivity contribution in [1.29, 1.82) is 0 Å². The van der Waals surface area contributed by atoms with Gasteiger partial charge in [0.25, 0.3) is 0 Å². The Morgan fingerprint density at radius 1 is 1.32 bits per heavy atom. The van der Waals surface area contributed by atoms with E-state index in [1.165, 1.54) is 19.3 Å². The summed E-state index contributed by atoms with van der Waals surface area (Å²) >= 11 is 1.73. The highest BCUT2D eigenvalue weighted by atomic mass is 32.2. The quantitative estimate of drug-likeness (QED) is 0.412. The van der Waals surface area contributed by atoms with Gasteiger partial charge in [-0.3, -0.25) is 0 Å². The molecule has 120 valence electrons. The molecule has 0 fully saturated rings. The molecular formula is C17H24N2O2S. The van der Waals surface area contributed by atoms with Crippen molar-refractivity contribution in [3.63, 3.8) is 0 Å². The van der Waals surface area contributed by atoms with Gasteiger partial charge in [0.15, 0.2) is 0 Å². The number of carbonyl (C=O) groups excluding carboxylic acids is 1. The van der Waals surface area contributed by atoms with E-state index < -0.39 is 0 Å². The minimum Gasteiger partial charge on any atom is -0.461 e. The second kappa shape index (κ2) is 8.13. The molecule has 1 heterocycles. The predicted octanol–water partition coefficient (Wildman–Crippen LogP) is 4.90. The number of hydrogen-bond donors (Lipinski definition) is 2. The average Bonchev–Trinajstić information content (AvgIpc) is 2.84. The number of rotatable bonds is 8. The Morgan fingerprint density at radius 2 is 2.14 bits per heavy atom. The molecule has 0 atom stereocenters. The third-order valence-electron chi connectivity index (χ3n) is 3.58. The monoisotopic (exact) mass is 320 g/mol. The topological polar surface area (TPSA) is 54.1 Å². The molecule has 0 radical (unpaired) electrons. The number of benzene rings is 1. The highest BCUT2D eigenvalue weighted by Gasteiger charge is 2.15. The molecule has 1 aromatic heterocycles. The third kappa shape index (κ3) is 3.97. The maximum Gasteiger partial charge on any atom is 0.355 e. The van der Waals surface area contributed by atoms with Crippen LogP contribution in [-0.4, -0.2) is 23.3 Å². The molecule has 0 aliphatic rings. The fourth-order valence-electron chi connectivity index (χ4n) is 2.36. The maximum atomic E-state index is 11.9. The number of hydrogen-bond acceptors (Lipinski definition) is 4. The number of esters is 1. The van der Waals surface area contributed by atoms with Gasteiger partial charge in [-0.15, -0.1) is 0 Å². The lowest BCUT2D eigenvalue weighted by molar-refractivity contribution is 0.0520. The molecule has 0 aliphatic carbocycles. The molecule has 0 spiro atoms. The normalized spacial score (nSPS) is 10.9. The van der Waals surface area contributed by atoms with E-state index in [0.717, 1.165) is 27.9 Å². The lowest BCUT2D eigenvalue weighted by Gasteiger charge is -2.05. The summed E-state index contributed by atoms with van der Waals surface area (Å²) in [6.07, 6.45) is 3.74. The van der Waals surface area contributed by atoms with Crippen molar-refractivity contribution >= 4 is 34.5 Å². The number of aryl methyl sites for hydroxylation is 1. The fourth-order valence-corrected chi connectivity index (χ4v) is 3.10. The summed E-state index contributed by atoms with van der Waals surface area (Å²) in [4.78, 5) is 15.1. The van der Waals surface area contributed by atoms with E-state index in [0.29, 0.717) is 12.3 Å². The molecule has 4 nitrogen and oxygen atoms in total. The van der Waals surface area contributed by atoms with E-state index in [-0.39, 0.29) is 5.97 Å². The molecule has 0 amide bonds. The first kappa shape index (κ1) is 16.7. The molecular weight excluding hydrogens is 296 g/mol. The van der Waals surface area contributed by atoms with Crippen LogP contribution in [0.4, 0.5) is 5.69 Å². The van der Waals surface area contributed by atoms with E-state index >= 15 is 0 Å². The summed E-state index contributed by atoms with van der Waals surface area (Å²) in [5, 5.41) is 1.06. The maximum absolute atomic E-state index is 11.9. The largest absolute Gasteiger partial charge is 0.461 e. The van der Waals surface area contributed by atoms with Crippen molar-refractivity contribution in [2.75, 3.05) is 17.1 Å². The van der Waals surface area contributed by atoms with Crippen LogP contribution in [0, 0.1) is 6.92 Å². The van der Waals surface area contributed by atoms with Gasteiger partial charge in [0.1, 0.15) is 5.69 Å². The molecule has 0 unspecified atom stereocenters. The summed E-state index contributed by atoms with van der Waals surface area (Å²) in [6, 6.07) is 6.11. The SMILES string of the molecule is CCCCCSNc1ccc2[nH]c(C(=O)OCC)c(C)c2c1. The van der Waals surface area contributed by atoms with Crippen LogP contribution in [0.3, 0.4) is 0 Å². The summed E-state index contributed by atoms with van der Waals surface area (Å²) in [6.45, 7) is 6.35. The van der Waals surface area contributed by atoms with E-state index in [1.807, 2.05) is 26.0 Å². The zero-order chi connectivity index (χ0) is 15.9. The van der Waals surface area contributed by atoms with Gasteiger partial charge in [-0.1, -0.05) is 31.7 Å². The van der Waals surface area contributed by atoms with Crippen LogP contribution in [-0.2, 0) is 4.74 Å². The Hall–Kier alpha value is -1.62. The van der Waals surface area contributed by atoms with Gasteiger partial charge in [-0.05, 0) is 44.0 Å². The molecule has 0 saturated carbocycles. The summed E-state index contributed by atoms with van der Waals surface area (Å²) in [7, 11) is 0. The minimum atomic E-state index is -0.292. The van der Waals surface area contributed by atoms with E-state index in [4.69, 9.17) is 4.74 Å². The first-order chi connectivity index (χ1) is 10.7. The number of nitrogens with one attached hydrogen (secondary N) is 2. The molecule has 1 aromatic carbocycles. The number of ether oxygens (including phenoxy) is 1. The highest BCUT2D eigenvalue weighted by molar-refractivity contribution is 8.00. The van der Waals surface area contributed by atoms with Crippen LogP contribution in [0.2, 0.25) is 0 Å². The van der Waals surface area contributed by atoms with Crippen molar-refractivity contribution in [3.8, 4) is 0 Å². The van der Waals surface area contributed by atoms with Crippen LogP contribution in [0.1, 0.15) is 49.2 Å². The average molecular weight is 320 g/mol. The van der Waals surface area contributed by atoms with Crippen molar-refractivity contribution in [2.45, 2.75) is 40.0 Å². The van der Waals surface area contributed by atoms with Gasteiger partial charge in [0.2, 0.25) is 0 Å². The molecule has 22 heavy (non-hydrogen) atoms. The van der Waals surface area contributed by atoms with Crippen LogP contribution >= 0.6 is 11.9 Å². The standard InChI is InChI=1S/C17H24N2O2S/c1-4-6-7-10-22-19-13-8-9-15-14(11-13)12(3)16(18-15)17(20)21-5-2/h8-9,11,18-19H,4-7,10H2,1-3H3. The van der Waals surface area contributed by atoms with E-state index in [2.05, 4.69) is 22.7 Å². The first-order valence-corrected chi connectivity index (χ1v) is 8.83. The van der Waals surface area contributed by atoms with Crippen LogP contribution in [0.5, 0.6) is 0 Å². The number of H-pyrrole nitrogens is 1. The number of anilines is 1. The second-order valence-electron chi connectivity index (χ2n) is 5.26. The Morgan fingerprint density at radius 3 is 2.86 bits per heavy atom. The van der Waals surface area contributed by atoms with Gasteiger partial charge in [-0.25, -0.2) is 4.79 Å². The lowest BCUT2D eigenvalue weighted by atomic mass is 10.1. The number of aromatic nitrogens is 1. The fraction of sp³-hybridized carbons (Fsp3) is 0.471. The van der Waals surface area contributed by atoms with Gasteiger partial charge in [0, 0.05) is 22.3 Å². The van der Waals surface area contributed by atoms with Gasteiger partial charge in [-0.2, -0.15) is 0 Å². The number of fused-ring (bicyclic) bond motifs is 1. The molecule has 2 rings (SSSR count). The zero-order valence-corrected chi connectivity index (χ0v) is 14.3. The molecule has 0 saturated heterocycles. The summed E-state index contributed by atoms with van der Waals surface area (Å²) in [5.41, 5.74) is 3.51. The van der Waals surface area contributed by atoms with Gasteiger partial charge >= 0.3 is 5.97 Å². The Labute approximate surface area is 136 Å². The van der Waals surface area contributed by atoms with Crippen molar-refractivity contribution in [2.24, 2.45) is 0 Å². The third-order valence-corrected chi connectivity index (χ3v) is 4.45. The Bertz CT molecular complexity index is 637. The van der Waals surface area contributed by atoms with E-state index in [1.54, 1.807) is 11.9 Å². The smallest absolute Gasteiger partial charge is 0.355 e. The molecule has 5 heteroatoms. The summed E-state index contributed by atoms with van der Waals surface area (Å²) < 4.78 is 8.45. The lowest BCUT2D eigenvalue weighted by Crippen LogP contribution is -2.06. The van der Waals surface area contributed by atoms with Crippen molar-refractivity contribution in [1.82, 2.24) is 4.98 Å². The second-order valence-corrected chi connectivity index (χ2v) is 6.16. The molecule has 2 N–H and O–H groups in total. The van der Waals surface area contributed by atoms with Gasteiger partial charge < -0.3 is 14.4 Å². The molecule has 0 bridgehead atoms. The number of unbranched alkanes of at least 4 members (excludes halogenated alkanes) is 2. The predicted molar refractivity (Wildman–Crippen MR) is 94.6 cm³/mol. The number of carbonyl (C=O) groups is 1. The first-order valence-electron chi connectivity index (χ1n) is 7.84. The molecule has 2 aromatic rings. The van der Waals surface area contributed by atoms with Crippen LogP contribution in [0.25, 0.3) is 10.9 Å². The minimum absolute atomic E-state index is 0.292.